The van der Waals surface area contributed by atoms with Gasteiger partial charge in [0.1, 0.15) is 18.1 Å². The van der Waals surface area contributed by atoms with Crippen molar-refractivity contribution in [2.45, 2.75) is 109 Å². The number of carbonyl (C=O) groups excluding carboxylic acids is 3. The number of pyridine rings is 1. The first-order valence-corrected chi connectivity index (χ1v) is 22.1. The summed E-state index contributed by atoms with van der Waals surface area (Å²) < 4.78 is 44.3. The molecule has 2 aliphatic carbocycles. The van der Waals surface area contributed by atoms with E-state index in [-0.39, 0.29) is 35.3 Å². The quantitative estimate of drug-likeness (QED) is 0.0747. The van der Waals surface area contributed by atoms with E-state index < -0.39 is 24.1 Å². The van der Waals surface area contributed by atoms with Gasteiger partial charge in [0.2, 0.25) is 5.91 Å². The number of likely N-dealkylation sites (tertiary alicyclic amines) is 1. The number of aromatic nitrogens is 6. The van der Waals surface area contributed by atoms with E-state index in [1.165, 1.54) is 16.7 Å². The summed E-state index contributed by atoms with van der Waals surface area (Å²) in [4.78, 5) is 50.4. The van der Waals surface area contributed by atoms with E-state index in [1.807, 2.05) is 19.1 Å². The number of amides is 3. The number of halogens is 2. The van der Waals surface area contributed by atoms with Gasteiger partial charge in [-0.1, -0.05) is 12.1 Å². The minimum absolute atomic E-state index is 0.00196. The van der Waals surface area contributed by atoms with Crippen LogP contribution in [0.3, 0.4) is 0 Å². The van der Waals surface area contributed by atoms with Crippen LogP contribution >= 0.6 is 0 Å². The summed E-state index contributed by atoms with van der Waals surface area (Å²) in [7, 11) is 0. The lowest BCUT2D eigenvalue weighted by molar-refractivity contribution is -0.135. The Morgan fingerprint density at radius 3 is 2.56 bits per heavy atom. The average Bonchev–Trinajstić information content (AvgIpc) is 3.58. The van der Waals surface area contributed by atoms with Crippen LogP contribution in [0, 0.1) is 18.8 Å². The zero-order chi connectivity index (χ0) is 42.7. The summed E-state index contributed by atoms with van der Waals surface area (Å²) in [5.74, 6) is 0.522. The molecule has 1 atom stereocenters. The van der Waals surface area contributed by atoms with Crippen molar-refractivity contribution in [3.05, 3.63) is 78.0 Å². The van der Waals surface area contributed by atoms with Crippen molar-refractivity contribution >= 4 is 45.8 Å². The smallest absolute Gasteiger partial charge is 0.284 e. The first-order chi connectivity index (χ1) is 30.2. The molecule has 2 saturated heterocycles. The Morgan fingerprint density at radius 1 is 1.02 bits per heavy atom. The molecule has 5 aromatic rings. The van der Waals surface area contributed by atoms with Gasteiger partial charge in [0.05, 0.1) is 34.7 Å². The van der Waals surface area contributed by atoms with Gasteiger partial charge in [-0.15, -0.1) is 0 Å². The minimum Gasteiger partial charge on any atom is -0.451 e. The predicted octanol–water partition coefficient (Wildman–Crippen LogP) is 7.49. The Bertz CT molecular complexity index is 2360. The third-order valence-corrected chi connectivity index (χ3v) is 13.0. The van der Waals surface area contributed by atoms with E-state index in [1.54, 1.807) is 33.9 Å². The molecular weight excluding hydrogens is 799 g/mol. The van der Waals surface area contributed by atoms with Crippen LogP contribution in [-0.4, -0.2) is 91.0 Å². The molecule has 2 saturated carbocycles. The van der Waals surface area contributed by atoms with Crippen molar-refractivity contribution in [2.75, 3.05) is 43.0 Å². The van der Waals surface area contributed by atoms with E-state index in [0.29, 0.717) is 42.8 Å². The number of alkyl halides is 2. The number of ether oxygens (including phenoxy) is 1. The lowest BCUT2D eigenvalue weighted by Gasteiger charge is -2.36. The van der Waals surface area contributed by atoms with Crippen LogP contribution in [-0.2, 0) is 20.7 Å². The second-order valence-corrected chi connectivity index (χ2v) is 17.4. The SMILES string of the molecule is Cc1nn(C2CCC(=O)NC2=O)c2cccc(CCCOC3CCN(CC4CCC(n5cc(N(C(=O)c6cocn6)c6ccnc(NCC7CC7)c6)c(C(F)F)n5)CC4)CC3)c12. The number of oxazole rings is 1. The summed E-state index contributed by atoms with van der Waals surface area (Å²) in [6.45, 7) is 6.36. The first-order valence-electron chi connectivity index (χ1n) is 22.1. The van der Waals surface area contributed by atoms with Gasteiger partial charge < -0.3 is 19.4 Å². The fourth-order valence-corrected chi connectivity index (χ4v) is 9.49. The molecule has 2 N–H and O–H groups in total. The van der Waals surface area contributed by atoms with Crippen LogP contribution in [0.15, 0.2) is 59.8 Å². The monoisotopic (exact) mass is 852 g/mol. The zero-order valence-corrected chi connectivity index (χ0v) is 35.1. The second-order valence-electron chi connectivity index (χ2n) is 17.4. The highest BCUT2D eigenvalue weighted by atomic mass is 19.3. The van der Waals surface area contributed by atoms with E-state index in [2.05, 4.69) is 36.7 Å². The van der Waals surface area contributed by atoms with E-state index in [9.17, 15) is 23.2 Å². The molecule has 0 bridgehead atoms. The summed E-state index contributed by atoms with van der Waals surface area (Å²) >= 11 is 0. The molecule has 4 aromatic heterocycles. The van der Waals surface area contributed by atoms with Crippen molar-refractivity contribution in [2.24, 2.45) is 11.8 Å². The third kappa shape index (κ3) is 9.28. The van der Waals surface area contributed by atoms with Crippen molar-refractivity contribution in [3.8, 4) is 0 Å². The van der Waals surface area contributed by atoms with Crippen LogP contribution in [0.4, 0.5) is 26.0 Å². The molecule has 9 rings (SSSR count). The maximum absolute atomic E-state index is 14.7. The highest BCUT2D eigenvalue weighted by Crippen LogP contribution is 2.40. The Balaban J connectivity index is 0.759. The van der Waals surface area contributed by atoms with Gasteiger partial charge in [-0.2, -0.15) is 10.2 Å². The lowest BCUT2D eigenvalue weighted by Crippen LogP contribution is -2.42. The highest BCUT2D eigenvalue weighted by molar-refractivity contribution is 6.10. The number of carbonyl (C=O) groups is 3. The Morgan fingerprint density at radius 2 is 1.82 bits per heavy atom. The number of piperidine rings is 2. The van der Waals surface area contributed by atoms with E-state index in [4.69, 9.17) is 14.3 Å². The molecule has 0 radical (unpaired) electrons. The lowest BCUT2D eigenvalue weighted by atomic mass is 9.85. The average molecular weight is 853 g/mol. The van der Waals surface area contributed by atoms with Crippen molar-refractivity contribution in [3.63, 3.8) is 0 Å². The number of anilines is 3. The van der Waals surface area contributed by atoms with Crippen LogP contribution in [0.1, 0.15) is 117 Å². The number of aryl methyl sites for hydroxylation is 2. The summed E-state index contributed by atoms with van der Waals surface area (Å²) in [6.07, 6.45) is 13.1. The summed E-state index contributed by atoms with van der Waals surface area (Å²) in [5, 5.41) is 16.0. The molecule has 1 aromatic carbocycles. The predicted molar refractivity (Wildman–Crippen MR) is 226 cm³/mol. The van der Waals surface area contributed by atoms with Crippen molar-refractivity contribution in [1.82, 2.24) is 39.7 Å². The van der Waals surface area contributed by atoms with Gasteiger partial charge in [0.25, 0.3) is 18.2 Å². The molecular formula is C45H54F2N10O5. The Labute approximate surface area is 358 Å². The highest BCUT2D eigenvalue weighted by Gasteiger charge is 2.34. The third-order valence-electron chi connectivity index (χ3n) is 13.0. The van der Waals surface area contributed by atoms with Gasteiger partial charge in [-0.05, 0) is 107 Å². The van der Waals surface area contributed by atoms with Crippen LogP contribution in [0.25, 0.3) is 10.9 Å². The second kappa shape index (κ2) is 18.4. The molecule has 3 amide bonds. The van der Waals surface area contributed by atoms with Gasteiger partial charge in [-0.3, -0.25) is 34.0 Å². The number of nitrogens with one attached hydrogen (secondary N) is 2. The standard InChI is InChI=1S/C45H54F2N10O5/c1-28-41-31(4-2-6-36(41)57(52-28)37-13-14-40(58)51-44(37)59)5-3-21-62-34-16-19-54(20-17-34)24-30-9-11-32(12-10-30)55-25-38(42(53-55)43(46)47)56(45(60)35-26-61-27-50-35)33-15-18-48-39(22-33)49-23-29-7-8-29/h2,4,6,15,18,22,25-27,29-30,32,34,37,43H,3,5,7-14,16-17,19-21,23-24H2,1H3,(H,48,49)(H,51,58,59). The summed E-state index contributed by atoms with van der Waals surface area (Å²) in [6, 6.07) is 8.90. The molecule has 328 valence electrons. The number of hydrogen-bond acceptors (Lipinski definition) is 11. The zero-order valence-electron chi connectivity index (χ0n) is 35.1. The molecule has 4 aliphatic rings. The normalized spacial score (nSPS) is 21.5. The topological polar surface area (TPSA) is 166 Å². The molecule has 62 heavy (non-hydrogen) atoms. The van der Waals surface area contributed by atoms with Crippen LogP contribution in [0.2, 0.25) is 0 Å². The maximum atomic E-state index is 14.7. The number of rotatable bonds is 16. The van der Waals surface area contributed by atoms with E-state index >= 15 is 0 Å². The molecule has 2 aliphatic heterocycles. The van der Waals surface area contributed by atoms with Gasteiger partial charge >= 0.3 is 0 Å². The van der Waals surface area contributed by atoms with Crippen molar-refractivity contribution < 1.29 is 32.3 Å². The number of hydrogen-bond donors (Lipinski definition) is 2. The van der Waals surface area contributed by atoms with E-state index in [0.717, 1.165) is 113 Å². The van der Waals surface area contributed by atoms with Crippen LogP contribution in [0.5, 0.6) is 0 Å². The molecule has 15 nitrogen and oxygen atoms in total. The number of imide groups is 1. The Hall–Kier alpha value is -5.55. The van der Waals surface area contributed by atoms with Gasteiger partial charge in [0, 0.05) is 63.1 Å². The fourth-order valence-electron chi connectivity index (χ4n) is 9.49. The molecule has 4 fully saturated rings. The maximum Gasteiger partial charge on any atom is 0.284 e. The first kappa shape index (κ1) is 41.8. The fraction of sp³-hybridized carbons (Fsp3) is 0.533. The van der Waals surface area contributed by atoms with Crippen LogP contribution < -0.4 is 15.5 Å². The molecule has 0 spiro atoms. The number of nitrogens with zero attached hydrogens (tertiary/aromatic N) is 8. The Kier molecular flexibility index (Phi) is 12.4. The largest absolute Gasteiger partial charge is 0.451 e. The molecule has 17 heteroatoms. The number of fused-ring (bicyclic) bond motifs is 1. The van der Waals surface area contributed by atoms with Gasteiger partial charge in [-0.25, -0.2) is 18.7 Å². The van der Waals surface area contributed by atoms with Crippen molar-refractivity contribution in [1.29, 1.82) is 0 Å². The summed E-state index contributed by atoms with van der Waals surface area (Å²) in [5.41, 5.74) is 2.93. The molecule has 6 heterocycles. The minimum atomic E-state index is -2.90. The van der Waals surface area contributed by atoms with Gasteiger partial charge in [0.15, 0.2) is 17.8 Å². The number of benzene rings is 1. The molecule has 1 unspecified atom stereocenters.